The molecule has 0 saturated carbocycles. The topological polar surface area (TPSA) is 78.8 Å². The summed E-state index contributed by atoms with van der Waals surface area (Å²) in [6, 6.07) is 0. The molecule has 2 aliphatic heterocycles. The van der Waals surface area contributed by atoms with E-state index >= 15 is 0 Å². The Kier molecular flexibility index (Phi) is 5.92. The number of aryl methyl sites for hydroxylation is 1. The maximum Gasteiger partial charge on any atom is 0.264 e. The van der Waals surface area contributed by atoms with Gasteiger partial charge in [0.05, 0.1) is 16.6 Å². The molecule has 2 fully saturated rings. The van der Waals surface area contributed by atoms with Crippen molar-refractivity contribution in [3.8, 4) is 0 Å². The second-order valence-corrected chi connectivity index (χ2v) is 9.57. The second kappa shape index (κ2) is 8.47. The highest BCUT2D eigenvalue weighted by molar-refractivity contribution is 7.20. The van der Waals surface area contributed by atoms with Crippen molar-refractivity contribution < 1.29 is 9.59 Å². The van der Waals surface area contributed by atoms with Crippen molar-refractivity contribution in [1.29, 1.82) is 0 Å². The number of nitrogens with zero attached hydrogens (tertiary/aromatic N) is 5. The monoisotopic (exact) mass is 431 g/mol. The summed E-state index contributed by atoms with van der Waals surface area (Å²) in [5.41, 5.74) is 0.426. The van der Waals surface area contributed by atoms with Crippen molar-refractivity contribution in [3.05, 3.63) is 27.1 Å². The normalized spacial score (nSPS) is 18.9. The standard InChI is InChI=1S/C21H29N5O3S/c1-14-4-6-24(7-5-14)16(27)12-26-13-22-19-17(20(26)28)15(2)18(30-19)21(29)25-10-8-23(3)9-11-25/h13-14H,4-12H2,1-3H3. The minimum absolute atomic E-state index is 0.00677. The van der Waals surface area contributed by atoms with Crippen LogP contribution in [0.15, 0.2) is 11.1 Å². The number of aromatic nitrogens is 2. The van der Waals surface area contributed by atoms with E-state index in [1.165, 1.54) is 22.2 Å². The number of likely N-dealkylation sites (N-methyl/N-ethyl adjacent to an activating group) is 1. The lowest BCUT2D eigenvalue weighted by atomic mass is 9.99. The van der Waals surface area contributed by atoms with Gasteiger partial charge in [-0.1, -0.05) is 6.92 Å². The number of carbonyl (C=O) groups excluding carboxylic acids is 2. The molecule has 2 aromatic rings. The first-order valence-corrected chi connectivity index (χ1v) is 11.4. The molecule has 8 nitrogen and oxygen atoms in total. The van der Waals surface area contributed by atoms with Gasteiger partial charge < -0.3 is 14.7 Å². The number of amides is 2. The maximum atomic E-state index is 13.1. The minimum Gasteiger partial charge on any atom is -0.341 e. The van der Waals surface area contributed by atoms with Gasteiger partial charge in [-0.25, -0.2) is 4.98 Å². The summed E-state index contributed by atoms with van der Waals surface area (Å²) in [5.74, 6) is 0.555. The molecule has 0 bridgehead atoms. The Hall–Kier alpha value is -2.26. The van der Waals surface area contributed by atoms with Gasteiger partial charge in [-0.3, -0.25) is 19.0 Å². The first-order chi connectivity index (χ1) is 14.3. The smallest absolute Gasteiger partial charge is 0.264 e. The van der Waals surface area contributed by atoms with Gasteiger partial charge in [-0.05, 0) is 38.3 Å². The Morgan fingerprint density at radius 3 is 2.43 bits per heavy atom. The molecule has 2 amide bonds. The van der Waals surface area contributed by atoms with Crippen LogP contribution in [0.25, 0.3) is 10.2 Å². The van der Waals surface area contributed by atoms with Crippen molar-refractivity contribution in [1.82, 2.24) is 24.3 Å². The van der Waals surface area contributed by atoms with Crippen LogP contribution in [0.4, 0.5) is 0 Å². The fraction of sp³-hybridized carbons (Fsp3) is 0.619. The summed E-state index contributed by atoms with van der Waals surface area (Å²) in [5, 5.41) is 0.458. The SMILES string of the molecule is Cc1c(C(=O)N2CCN(C)CC2)sc2ncn(CC(=O)N3CCC(C)CC3)c(=O)c12. The molecule has 0 atom stereocenters. The molecule has 0 spiro atoms. The van der Waals surface area contributed by atoms with E-state index in [4.69, 9.17) is 0 Å². The van der Waals surface area contributed by atoms with Crippen molar-refractivity contribution in [2.24, 2.45) is 5.92 Å². The van der Waals surface area contributed by atoms with Crippen LogP contribution in [-0.2, 0) is 11.3 Å². The van der Waals surface area contributed by atoms with Crippen LogP contribution in [-0.4, -0.2) is 82.4 Å². The number of hydrogen-bond acceptors (Lipinski definition) is 6. The van der Waals surface area contributed by atoms with E-state index in [0.29, 0.717) is 39.7 Å². The maximum absolute atomic E-state index is 13.1. The number of rotatable bonds is 3. The van der Waals surface area contributed by atoms with Crippen molar-refractivity contribution in [2.75, 3.05) is 46.3 Å². The molecule has 9 heteroatoms. The molecule has 4 heterocycles. The summed E-state index contributed by atoms with van der Waals surface area (Å²) >= 11 is 1.27. The van der Waals surface area contributed by atoms with Gasteiger partial charge in [-0.2, -0.15) is 0 Å². The molecule has 2 aliphatic rings. The number of piperidine rings is 1. The first-order valence-electron chi connectivity index (χ1n) is 10.6. The summed E-state index contributed by atoms with van der Waals surface area (Å²) in [4.78, 5) is 50.2. The van der Waals surface area contributed by atoms with E-state index in [2.05, 4.69) is 16.8 Å². The molecule has 2 saturated heterocycles. The number of carbonyl (C=O) groups is 2. The van der Waals surface area contributed by atoms with E-state index in [9.17, 15) is 14.4 Å². The van der Waals surface area contributed by atoms with E-state index in [-0.39, 0.29) is 23.9 Å². The minimum atomic E-state index is -0.245. The largest absolute Gasteiger partial charge is 0.341 e. The predicted molar refractivity (Wildman–Crippen MR) is 117 cm³/mol. The Balaban J connectivity index is 1.57. The van der Waals surface area contributed by atoms with E-state index in [1.807, 2.05) is 23.8 Å². The van der Waals surface area contributed by atoms with E-state index < -0.39 is 0 Å². The zero-order valence-corrected chi connectivity index (χ0v) is 18.7. The summed E-state index contributed by atoms with van der Waals surface area (Å²) in [6.07, 6.45) is 3.44. The Morgan fingerprint density at radius 2 is 1.77 bits per heavy atom. The quantitative estimate of drug-likeness (QED) is 0.734. The van der Waals surface area contributed by atoms with Crippen molar-refractivity contribution >= 4 is 33.4 Å². The fourth-order valence-electron chi connectivity index (χ4n) is 4.13. The van der Waals surface area contributed by atoms with E-state index in [0.717, 1.165) is 39.0 Å². The van der Waals surface area contributed by atoms with Crippen LogP contribution >= 0.6 is 11.3 Å². The fourth-order valence-corrected chi connectivity index (χ4v) is 5.24. The third-order valence-electron chi connectivity index (χ3n) is 6.34. The van der Waals surface area contributed by atoms with Crippen LogP contribution in [0.5, 0.6) is 0 Å². The summed E-state index contributed by atoms with van der Waals surface area (Å²) in [6.45, 7) is 8.54. The van der Waals surface area contributed by atoms with Crippen LogP contribution in [0.3, 0.4) is 0 Å². The van der Waals surface area contributed by atoms with Crippen LogP contribution in [0, 0.1) is 12.8 Å². The number of piperazine rings is 1. The first kappa shape index (κ1) is 21.0. The lowest BCUT2D eigenvalue weighted by Crippen LogP contribution is -2.47. The van der Waals surface area contributed by atoms with Gasteiger partial charge in [0.1, 0.15) is 11.4 Å². The zero-order chi connectivity index (χ0) is 21.4. The molecule has 4 rings (SSSR count). The molecular weight excluding hydrogens is 402 g/mol. The van der Waals surface area contributed by atoms with Gasteiger partial charge in [0.25, 0.3) is 11.5 Å². The third-order valence-corrected chi connectivity index (χ3v) is 7.53. The number of hydrogen-bond donors (Lipinski definition) is 0. The molecular formula is C21H29N5O3S. The van der Waals surface area contributed by atoms with E-state index in [1.54, 1.807) is 0 Å². The van der Waals surface area contributed by atoms with Crippen LogP contribution in [0.2, 0.25) is 0 Å². The molecule has 162 valence electrons. The van der Waals surface area contributed by atoms with Gasteiger partial charge in [0.15, 0.2) is 0 Å². The average Bonchev–Trinajstić information content (AvgIpc) is 3.07. The highest BCUT2D eigenvalue weighted by atomic mass is 32.1. The molecule has 2 aromatic heterocycles. The van der Waals surface area contributed by atoms with Gasteiger partial charge >= 0.3 is 0 Å². The van der Waals surface area contributed by atoms with Gasteiger partial charge in [-0.15, -0.1) is 11.3 Å². The van der Waals surface area contributed by atoms with Gasteiger partial charge in [0.2, 0.25) is 5.91 Å². The molecule has 0 N–H and O–H groups in total. The molecule has 0 aliphatic carbocycles. The third kappa shape index (κ3) is 4.00. The molecule has 0 aromatic carbocycles. The van der Waals surface area contributed by atoms with Crippen molar-refractivity contribution in [2.45, 2.75) is 33.2 Å². The number of fused-ring (bicyclic) bond motifs is 1. The lowest BCUT2D eigenvalue weighted by molar-refractivity contribution is -0.133. The molecule has 0 unspecified atom stereocenters. The highest BCUT2D eigenvalue weighted by Gasteiger charge is 2.26. The number of likely N-dealkylation sites (tertiary alicyclic amines) is 1. The Bertz CT molecular complexity index is 1010. The summed E-state index contributed by atoms with van der Waals surface area (Å²) in [7, 11) is 2.05. The number of thiophene rings is 1. The molecule has 30 heavy (non-hydrogen) atoms. The molecule has 0 radical (unpaired) electrons. The van der Waals surface area contributed by atoms with Gasteiger partial charge in [0, 0.05) is 39.3 Å². The Morgan fingerprint density at radius 1 is 1.10 bits per heavy atom. The zero-order valence-electron chi connectivity index (χ0n) is 17.9. The lowest BCUT2D eigenvalue weighted by Gasteiger charge is -2.32. The predicted octanol–water partition coefficient (Wildman–Crippen LogP) is 1.41. The Labute approximate surface area is 180 Å². The van der Waals surface area contributed by atoms with Crippen LogP contribution in [0.1, 0.15) is 35.0 Å². The van der Waals surface area contributed by atoms with Crippen LogP contribution < -0.4 is 5.56 Å². The van der Waals surface area contributed by atoms with Crippen molar-refractivity contribution in [3.63, 3.8) is 0 Å². The second-order valence-electron chi connectivity index (χ2n) is 8.57. The summed E-state index contributed by atoms with van der Waals surface area (Å²) < 4.78 is 1.38. The highest BCUT2D eigenvalue weighted by Crippen LogP contribution is 2.28. The average molecular weight is 432 g/mol.